The molecular weight excluding hydrogens is 672 g/mol. The van der Waals surface area contributed by atoms with Gasteiger partial charge in [-0.3, -0.25) is 4.79 Å². The Kier molecular flexibility index (Phi) is 9.95. The molecule has 1 unspecified atom stereocenters. The van der Waals surface area contributed by atoms with E-state index in [0.29, 0.717) is 24.9 Å². The van der Waals surface area contributed by atoms with E-state index in [1.807, 2.05) is 29.5 Å². The summed E-state index contributed by atoms with van der Waals surface area (Å²) in [6.45, 7) is 1.81. The molecule has 1 amide bonds. The average Bonchev–Trinajstić information content (AvgIpc) is 2.70. The molecule has 0 radical (unpaired) electrons. The zero-order valence-corrected chi connectivity index (χ0v) is 24.3. The minimum Gasteiger partial charge on any atom is -0.871 e. The first-order valence-electron chi connectivity index (χ1n) is 8.63. The Morgan fingerprint density at radius 1 is 1.13 bits per heavy atom. The topological polar surface area (TPSA) is 76.0 Å². The summed E-state index contributed by atoms with van der Waals surface area (Å²) in [6, 6.07) is 15.9. The number of carbonyl (C=O) groups excluding carboxylic acids is 1. The van der Waals surface area contributed by atoms with Gasteiger partial charge in [0.05, 0.1) is 12.0 Å². The number of rotatable bonds is 4. The van der Waals surface area contributed by atoms with Crippen LogP contribution >= 0.6 is 68.4 Å². The molecule has 152 valence electrons. The van der Waals surface area contributed by atoms with Crippen LogP contribution in [0.15, 0.2) is 48.5 Å². The molecule has 0 aromatic heterocycles. The van der Waals surface area contributed by atoms with E-state index >= 15 is 0 Å². The van der Waals surface area contributed by atoms with Crippen molar-refractivity contribution >= 4 is 80.0 Å². The monoisotopic (exact) mass is 684 g/mol. The molecule has 0 saturated heterocycles. The zero-order valence-electron chi connectivity index (χ0n) is 16.5. The number of halogens is 4. The largest absolute Gasteiger partial charge is 1.00 e. The van der Waals surface area contributed by atoms with Gasteiger partial charge in [0, 0.05) is 28.4 Å². The van der Waals surface area contributed by atoms with Crippen LogP contribution in [-0.4, -0.2) is 5.91 Å². The van der Waals surface area contributed by atoms with Crippen molar-refractivity contribution in [1.29, 1.82) is 5.26 Å². The number of benzene rings is 3. The smallest absolute Gasteiger partial charge is 0.871 e. The van der Waals surface area contributed by atoms with Crippen LogP contribution in [-0.2, 0) is 0 Å². The average molecular weight is 685 g/mol. The number of nitrogens with zero attached hydrogens (tertiary/aromatic N) is 1. The molecule has 3 rings (SSSR count). The van der Waals surface area contributed by atoms with Gasteiger partial charge in [-0.15, -0.1) is 0 Å². The fourth-order valence-electron chi connectivity index (χ4n) is 2.96. The van der Waals surface area contributed by atoms with Crippen LogP contribution in [0.2, 0.25) is 10.0 Å². The summed E-state index contributed by atoms with van der Waals surface area (Å²) in [7, 11) is 0. The molecule has 0 aliphatic rings. The molecule has 3 aromatic rings. The Labute approximate surface area is 239 Å². The Bertz CT molecular complexity index is 1180. The Morgan fingerprint density at radius 2 is 1.77 bits per heavy atom. The zero-order chi connectivity index (χ0) is 22.0. The van der Waals surface area contributed by atoms with Gasteiger partial charge >= 0.3 is 29.6 Å². The summed E-state index contributed by atoms with van der Waals surface area (Å²) in [5.41, 5.74) is 2.68. The first-order chi connectivity index (χ1) is 14.2. The second kappa shape index (κ2) is 11.5. The van der Waals surface area contributed by atoms with E-state index in [1.54, 1.807) is 48.5 Å². The Hall–Kier alpha value is -0.540. The molecule has 9 heteroatoms. The molecule has 4 nitrogen and oxygen atoms in total. The number of amides is 1. The SMILES string of the molecule is Cc1cc(C(C#N)c2ccc(Cl)cc2)c(Cl)cc1NC(=O)c1cc(I)cc(I)c1[O-].[Na+]. The van der Waals surface area contributed by atoms with Gasteiger partial charge in [0.15, 0.2) is 0 Å². The molecule has 0 heterocycles. The van der Waals surface area contributed by atoms with Crippen LogP contribution in [0.3, 0.4) is 0 Å². The van der Waals surface area contributed by atoms with Crippen LogP contribution < -0.4 is 40.0 Å². The van der Waals surface area contributed by atoms with Gasteiger partial charge in [-0.25, -0.2) is 0 Å². The van der Waals surface area contributed by atoms with Crippen LogP contribution in [0.5, 0.6) is 5.75 Å². The molecule has 0 fully saturated rings. The van der Waals surface area contributed by atoms with Crippen molar-refractivity contribution in [3.8, 4) is 11.8 Å². The maximum Gasteiger partial charge on any atom is 1.00 e. The summed E-state index contributed by atoms with van der Waals surface area (Å²) in [6.07, 6.45) is 0. The van der Waals surface area contributed by atoms with Crippen LogP contribution in [0.4, 0.5) is 5.69 Å². The van der Waals surface area contributed by atoms with Crippen molar-refractivity contribution in [2.45, 2.75) is 12.8 Å². The molecule has 0 saturated carbocycles. The van der Waals surface area contributed by atoms with E-state index in [2.05, 4.69) is 34.0 Å². The number of aryl methyl sites for hydroxylation is 1. The van der Waals surface area contributed by atoms with Crippen molar-refractivity contribution in [1.82, 2.24) is 0 Å². The fourth-order valence-corrected chi connectivity index (χ4v) is 5.20. The summed E-state index contributed by atoms with van der Waals surface area (Å²) >= 11 is 16.4. The second-order valence-corrected chi connectivity index (χ2v) is 9.77. The van der Waals surface area contributed by atoms with E-state index in [9.17, 15) is 15.2 Å². The van der Waals surface area contributed by atoms with E-state index in [-0.39, 0.29) is 40.9 Å². The predicted octanol–water partition coefficient (Wildman–Crippen LogP) is 3.50. The molecule has 0 aliphatic heterocycles. The van der Waals surface area contributed by atoms with Gasteiger partial charge in [-0.2, -0.15) is 5.26 Å². The first-order valence-corrected chi connectivity index (χ1v) is 11.5. The number of nitrogens with one attached hydrogen (secondary N) is 1. The quantitative estimate of drug-likeness (QED) is 0.338. The standard InChI is InChI=1S/C22H14Cl2I2N2O2.Na/c1-11-6-15(17(10-27)12-2-4-13(23)5-3-12)18(24)9-20(11)28-22(30)16-7-14(25)8-19(26)21(16)29;/h2-9,17,29H,1H3,(H,28,30);/q;+1/p-1. The van der Waals surface area contributed by atoms with Crippen molar-refractivity contribution < 1.29 is 39.5 Å². The van der Waals surface area contributed by atoms with Gasteiger partial charge in [0.2, 0.25) is 0 Å². The number of anilines is 1. The number of carbonyl (C=O) groups is 1. The molecule has 0 spiro atoms. The van der Waals surface area contributed by atoms with Crippen LogP contribution in [0.25, 0.3) is 0 Å². The first kappa shape index (κ1) is 26.7. The summed E-state index contributed by atoms with van der Waals surface area (Å²) < 4.78 is 1.28. The second-order valence-electron chi connectivity index (χ2n) is 6.52. The van der Waals surface area contributed by atoms with Crippen molar-refractivity contribution in [3.63, 3.8) is 0 Å². The van der Waals surface area contributed by atoms with Crippen molar-refractivity contribution in [3.05, 3.63) is 88.0 Å². The van der Waals surface area contributed by atoms with Gasteiger partial charge in [0.25, 0.3) is 5.91 Å². The molecule has 1 atom stereocenters. The summed E-state index contributed by atoms with van der Waals surface area (Å²) in [5, 5.41) is 25.7. The van der Waals surface area contributed by atoms with E-state index in [0.717, 1.165) is 14.7 Å². The molecule has 31 heavy (non-hydrogen) atoms. The Morgan fingerprint density at radius 3 is 2.39 bits per heavy atom. The van der Waals surface area contributed by atoms with Crippen LogP contribution in [0, 0.1) is 25.4 Å². The van der Waals surface area contributed by atoms with Crippen molar-refractivity contribution in [2.75, 3.05) is 5.32 Å². The third kappa shape index (κ3) is 6.28. The van der Waals surface area contributed by atoms with E-state index in [4.69, 9.17) is 23.2 Å². The third-order valence-corrected chi connectivity index (χ3v) is 6.49. The predicted molar refractivity (Wildman–Crippen MR) is 134 cm³/mol. The van der Waals surface area contributed by atoms with Crippen LogP contribution in [0.1, 0.15) is 33.0 Å². The molecule has 0 bridgehead atoms. The Balaban J connectivity index is 0.00000341. The summed E-state index contributed by atoms with van der Waals surface area (Å²) in [4.78, 5) is 12.7. The van der Waals surface area contributed by atoms with E-state index < -0.39 is 11.8 Å². The number of nitriles is 1. The van der Waals surface area contributed by atoms with E-state index in [1.165, 1.54) is 0 Å². The summed E-state index contributed by atoms with van der Waals surface area (Å²) in [5.74, 6) is -1.40. The van der Waals surface area contributed by atoms with Gasteiger partial charge < -0.3 is 10.4 Å². The normalized spacial score (nSPS) is 11.2. The van der Waals surface area contributed by atoms with Crippen molar-refractivity contribution in [2.24, 2.45) is 0 Å². The third-order valence-electron chi connectivity index (χ3n) is 4.49. The van der Waals surface area contributed by atoms with Gasteiger partial charge in [-0.05, 0) is 99.1 Å². The number of hydrogen-bond donors (Lipinski definition) is 1. The molecular formula is C22H13Cl2I2N2NaO2. The molecule has 0 aliphatic carbocycles. The maximum atomic E-state index is 12.7. The molecule has 1 N–H and O–H groups in total. The fraction of sp³-hybridized carbons (Fsp3) is 0.0909. The minimum absolute atomic E-state index is 0. The molecule has 3 aromatic carbocycles. The van der Waals surface area contributed by atoms with Gasteiger partial charge in [-0.1, -0.05) is 47.2 Å². The minimum atomic E-state index is -0.580. The van der Waals surface area contributed by atoms with Gasteiger partial charge in [0.1, 0.15) is 0 Å². The number of hydrogen-bond acceptors (Lipinski definition) is 3. The maximum absolute atomic E-state index is 12.7.